The molecule has 0 aliphatic heterocycles. The van der Waals surface area contributed by atoms with Gasteiger partial charge in [0.15, 0.2) is 0 Å². The first-order valence-corrected chi connectivity index (χ1v) is 16.4. The van der Waals surface area contributed by atoms with Crippen LogP contribution in [0, 0.1) is 13.8 Å². The first kappa shape index (κ1) is 32.8. The lowest BCUT2D eigenvalue weighted by atomic mass is 10.0. The zero-order chi connectivity index (χ0) is 31.7. The first-order valence-electron chi connectivity index (χ1n) is 14.6. The molecule has 230 valence electrons. The molecule has 0 saturated carbocycles. The summed E-state index contributed by atoms with van der Waals surface area (Å²) in [6.45, 7) is 5.90. The number of hydrogen-bond acceptors (Lipinski definition) is 4. The summed E-state index contributed by atoms with van der Waals surface area (Å²) >= 11 is 6.05. The normalized spacial score (nSPS) is 11.9. The summed E-state index contributed by atoms with van der Waals surface area (Å²) in [5, 5.41) is 3.36. The zero-order valence-electron chi connectivity index (χ0n) is 25.2. The van der Waals surface area contributed by atoms with Gasteiger partial charge in [0.25, 0.3) is 10.0 Å². The van der Waals surface area contributed by atoms with Crippen LogP contribution in [0.25, 0.3) is 0 Å². The fraction of sp³-hybridized carbons (Fsp3) is 0.257. The predicted octanol–water partition coefficient (Wildman–Crippen LogP) is 6.32. The number of halogens is 1. The van der Waals surface area contributed by atoms with Crippen molar-refractivity contribution in [3.8, 4) is 0 Å². The van der Waals surface area contributed by atoms with Crippen molar-refractivity contribution in [2.45, 2.75) is 51.1 Å². The SMILES string of the molecule is CCCNC(=O)C(Cc1ccccc1)N(Cc1cccc(C)c1)C(=O)CN(c1ccc(C)cc1)S(=O)(=O)c1ccc(Cl)cc1. The van der Waals surface area contributed by atoms with Crippen LogP contribution in [0.4, 0.5) is 5.69 Å². The van der Waals surface area contributed by atoms with Crippen molar-refractivity contribution in [2.75, 3.05) is 17.4 Å². The highest BCUT2D eigenvalue weighted by Crippen LogP contribution is 2.26. The van der Waals surface area contributed by atoms with Gasteiger partial charge in [0, 0.05) is 24.5 Å². The molecule has 44 heavy (non-hydrogen) atoms. The van der Waals surface area contributed by atoms with E-state index < -0.39 is 28.5 Å². The third kappa shape index (κ3) is 8.49. The molecule has 7 nitrogen and oxygen atoms in total. The van der Waals surface area contributed by atoms with Gasteiger partial charge < -0.3 is 10.2 Å². The van der Waals surface area contributed by atoms with Crippen molar-refractivity contribution in [3.05, 3.63) is 130 Å². The first-order chi connectivity index (χ1) is 21.1. The van der Waals surface area contributed by atoms with E-state index in [1.54, 1.807) is 24.3 Å². The van der Waals surface area contributed by atoms with Crippen molar-refractivity contribution < 1.29 is 18.0 Å². The molecule has 2 amide bonds. The summed E-state index contributed by atoms with van der Waals surface area (Å²) < 4.78 is 29.2. The second-order valence-corrected chi connectivity index (χ2v) is 13.1. The number of aryl methyl sites for hydroxylation is 2. The van der Waals surface area contributed by atoms with E-state index in [4.69, 9.17) is 11.6 Å². The molecule has 0 heterocycles. The van der Waals surface area contributed by atoms with Gasteiger partial charge >= 0.3 is 0 Å². The van der Waals surface area contributed by atoms with Gasteiger partial charge in [-0.3, -0.25) is 13.9 Å². The van der Waals surface area contributed by atoms with Gasteiger partial charge in [0.2, 0.25) is 11.8 Å². The van der Waals surface area contributed by atoms with E-state index in [0.717, 1.165) is 33.0 Å². The largest absolute Gasteiger partial charge is 0.354 e. The van der Waals surface area contributed by atoms with E-state index in [9.17, 15) is 18.0 Å². The molecule has 0 aromatic heterocycles. The zero-order valence-corrected chi connectivity index (χ0v) is 26.8. The van der Waals surface area contributed by atoms with E-state index in [1.165, 1.54) is 29.2 Å². The third-order valence-electron chi connectivity index (χ3n) is 7.26. The smallest absolute Gasteiger partial charge is 0.264 e. The minimum Gasteiger partial charge on any atom is -0.354 e. The van der Waals surface area contributed by atoms with Crippen molar-refractivity contribution in [1.29, 1.82) is 0 Å². The Hall–Kier alpha value is -4.14. The lowest BCUT2D eigenvalue weighted by molar-refractivity contribution is -0.140. The summed E-state index contributed by atoms with van der Waals surface area (Å²) in [4.78, 5) is 29.7. The molecule has 4 rings (SSSR count). The highest BCUT2D eigenvalue weighted by molar-refractivity contribution is 7.92. The van der Waals surface area contributed by atoms with Crippen LogP contribution >= 0.6 is 11.6 Å². The molecule has 0 saturated heterocycles. The second-order valence-electron chi connectivity index (χ2n) is 10.8. The summed E-state index contributed by atoms with van der Waals surface area (Å²) in [5.41, 5.74) is 4.01. The van der Waals surface area contributed by atoms with Crippen LogP contribution in [-0.2, 0) is 32.6 Å². The molecule has 4 aromatic rings. The molecule has 0 bridgehead atoms. The molecule has 0 spiro atoms. The summed E-state index contributed by atoms with van der Waals surface area (Å²) in [5.74, 6) is -0.795. The van der Waals surface area contributed by atoms with Crippen molar-refractivity contribution in [1.82, 2.24) is 10.2 Å². The minimum atomic E-state index is -4.18. The van der Waals surface area contributed by atoms with Crippen LogP contribution in [0.15, 0.2) is 108 Å². The Morgan fingerprint density at radius 2 is 1.48 bits per heavy atom. The van der Waals surface area contributed by atoms with Crippen LogP contribution in [0.3, 0.4) is 0 Å². The van der Waals surface area contributed by atoms with Gasteiger partial charge in [0.1, 0.15) is 12.6 Å². The number of sulfonamides is 1. The lowest BCUT2D eigenvalue weighted by Crippen LogP contribution is -2.53. The number of hydrogen-bond donors (Lipinski definition) is 1. The molecule has 4 aromatic carbocycles. The van der Waals surface area contributed by atoms with Gasteiger partial charge in [-0.2, -0.15) is 0 Å². The number of carbonyl (C=O) groups is 2. The summed E-state index contributed by atoms with van der Waals surface area (Å²) in [7, 11) is -4.18. The number of benzene rings is 4. The number of nitrogens with zero attached hydrogens (tertiary/aromatic N) is 2. The number of amides is 2. The molecule has 1 unspecified atom stereocenters. The Morgan fingerprint density at radius 1 is 0.818 bits per heavy atom. The molecule has 1 atom stereocenters. The summed E-state index contributed by atoms with van der Waals surface area (Å²) in [6.07, 6.45) is 0.999. The maximum Gasteiger partial charge on any atom is 0.264 e. The minimum absolute atomic E-state index is 0.00188. The molecule has 0 aliphatic rings. The van der Waals surface area contributed by atoms with Gasteiger partial charge in [-0.05, 0) is 67.8 Å². The van der Waals surface area contributed by atoms with Gasteiger partial charge in [-0.15, -0.1) is 0 Å². The molecule has 0 fully saturated rings. The van der Waals surface area contributed by atoms with Crippen LogP contribution in [0.2, 0.25) is 5.02 Å². The maximum absolute atomic E-state index is 14.4. The third-order valence-corrected chi connectivity index (χ3v) is 9.30. The Labute approximate surface area is 265 Å². The number of rotatable bonds is 13. The van der Waals surface area contributed by atoms with Crippen LogP contribution in [-0.4, -0.2) is 44.3 Å². The van der Waals surface area contributed by atoms with Crippen molar-refractivity contribution >= 4 is 39.1 Å². The Bertz CT molecular complexity index is 1660. The molecular weight excluding hydrogens is 594 g/mol. The van der Waals surface area contributed by atoms with Gasteiger partial charge in [0.05, 0.1) is 10.6 Å². The molecule has 0 aliphatic carbocycles. The predicted molar refractivity (Wildman–Crippen MR) is 176 cm³/mol. The Kier molecular flexibility index (Phi) is 11.2. The van der Waals surface area contributed by atoms with E-state index in [0.29, 0.717) is 17.3 Å². The monoisotopic (exact) mass is 631 g/mol. The Balaban J connectivity index is 1.79. The summed E-state index contributed by atoms with van der Waals surface area (Å²) in [6, 6.07) is 29.1. The molecular formula is C35H38ClN3O4S. The van der Waals surface area contributed by atoms with E-state index in [1.807, 2.05) is 75.4 Å². The van der Waals surface area contributed by atoms with Gasteiger partial charge in [-0.1, -0.05) is 96.4 Å². The quantitative estimate of drug-likeness (QED) is 0.187. The van der Waals surface area contributed by atoms with E-state index >= 15 is 0 Å². The van der Waals surface area contributed by atoms with Crippen molar-refractivity contribution in [3.63, 3.8) is 0 Å². The fourth-order valence-corrected chi connectivity index (χ4v) is 6.44. The number of carbonyl (C=O) groups excluding carboxylic acids is 2. The van der Waals surface area contributed by atoms with Gasteiger partial charge in [-0.25, -0.2) is 8.42 Å². The highest BCUT2D eigenvalue weighted by Gasteiger charge is 2.34. The fourth-order valence-electron chi connectivity index (χ4n) is 4.90. The van der Waals surface area contributed by atoms with E-state index in [-0.39, 0.29) is 23.8 Å². The van der Waals surface area contributed by atoms with Crippen LogP contribution in [0.1, 0.15) is 35.6 Å². The average Bonchev–Trinajstić information content (AvgIpc) is 3.01. The van der Waals surface area contributed by atoms with E-state index in [2.05, 4.69) is 5.32 Å². The maximum atomic E-state index is 14.4. The standard InChI is InChI=1S/C35H38ClN3O4S/c1-4-21-37-35(41)33(23-28-10-6-5-7-11-28)38(24-29-12-8-9-27(3)22-29)34(40)25-39(31-17-13-26(2)14-18-31)44(42,43)32-19-15-30(36)16-20-32/h5-20,22,33H,4,21,23-25H2,1-3H3,(H,37,41). The molecule has 9 heteroatoms. The molecule has 1 N–H and O–H groups in total. The van der Waals surface area contributed by atoms with Crippen LogP contribution < -0.4 is 9.62 Å². The lowest BCUT2D eigenvalue weighted by Gasteiger charge is -2.34. The van der Waals surface area contributed by atoms with Crippen LogP contribution in [0.5, 0.6) is 0 Å². The number of nitrogens with one attached hydrogen (secondary N) is 1. The van der Waals surface area contributed by atoms with Crippen molar-refractivity contribution in [2.24, 2.45) is 0 Å². The average molecular weight is 632 g/mol. The second kappa shape index (κ2) is 15.0. The number of anilines is 1. The molecule has 0 radical (unpaired) electrons. The highest BCUT2D eigenvalue weighted by atomic mass is 35.5. The topological polar surface area (TPSA) is 86.8 Å². The Morgan fingerprint density at radius 3 is 2.11 bits per heavy atom.